The lowest BCUT2D eigenvalue weighted by molar-refractivity contribution is -0.130. The molecule has 0 aliphatic carbocycles. The van der Waals surface area contributed by atoms with Crippen LogP contribution in [0, 0.1) is 0 Å². The minimum atomic E-state index is -3.35. The van der Waals surface area contributed by atoms with Crippen LogP contribution in [-0.4, -0.2) is 50.4 Å². The highest BCUT2D eigenvalue weighted by Gasteiger charge is 2.18. The fourth-order valence-corrected chi connectivity index (χ4v) is 1.87. The fourth-order valence-electron chi connectivity index (χ4n) is 1.19. The Labute approximate surface area is 115 Å². The van der Waals surface area contributed by atoms with Crippen molar-refractivity contribution < 1.29 is 17.6 Å². The van der Waals surface area contributed by atoms with Gasteiger partial charge in [0.1, 0.15) is 5.76 Å². The van der Waals surface area contributed by atoms with Crippen molar-refractivity contribution in [2.75, 3.05) is 26.9 Å². The summed E-state index contributed by atoms with van der Waals surface area (Å²) in [5, 5.41) is 0. The molecule has 1 rings (SSSR count). The van der Waals surface area contributed by atoms with Crippen LogP contribution < -0.4 is 0 Å². The molecule has 0 radical (unpaired) electrons. The van der Waals surface area contributed by atoms with Crippen LogP contribution in [0.25, 0.3) is 0 Å². The molecular weight excluding hydrogens is 324 g/mol. The summed E-state index contributed by atoms with van der Waals surface area (Å²) in [4.78, 5) is 13.2. The molecule has 6 nitrogen and oxygen atoms in total. The first-order valence-corrected chi connectivity index (χ1v) is 7.74. The molecule has 0 spiro atoms. The van der Waals surface area contributed by atoms with Crippen LogP contribution in [0.1, 0.15) is 5.76 Å². The van der Waals surface area contributed by atoms with E-state index in [0.29, 0.717) is 17.0 Å². The van der Waals surface area contributed by atoms with E-state index in [1.54, 1.807) is 19.2 Å². The third kappa shape index (κ3) is 4.43. The Hall–Kier alpha value is -0.860. The number of nitrogens with zero attached hydrogens (tertiary/aromatic N) is 2. The van der Waals surface area contributed by atoms with Crippen molar-refractivity contribution in [1.82, 2.24) is 9.21 Å². The van der Waals surface area contributed by atoms with Crippen LogP contribution in [0.15, 0.2) is 21.2 Å². The van der Waals surface area contributed by atoms with E-state index >= 15 is 0 Å². The Morgan fingerprint density at radius 3 is 2.44 bits per heavy atom. The van der Waals surface area contributed by atoms with Crippen LogP contribution >= 0.6 is 15.9 Å². The second kappa shape index (κ2) is 5.85. The molecule has 0 saturated heterocycles. The highest BCUT2D eigenvalue weighted by molar-refractivity contribution is 9.10. The first-order valence-electron chi connectivity index (χ1n) is 5.09. The maximum Gasteiger partial charge on any atom is 0.238 e. The number of halogens is 1. The van der Waals surface area contributed by atoms with Gasteiger partial charge in [0.25, 0.3) is 0 Å². The number of amides is 1. The van der Waals surface area contributed by atoms with E-state index in [-0.39, 0.29) is 12.5 Å². The normalized spacial score (nSPS) is 11.8. The number of furan rings is 1. The largest absolute Gasteiger partial charge is 0.452 e. The number of hydrogen-bond acceptors (Lipinski definition) is 4. The molecule has 18 heavy (non-hydrogen) atoms. The van der Waals surface area contributed by atoms with E-state index in [4.69, 9.17) is 4.42 Å². The first-order chi connectivity index (χ1) is 8.20. The Morgan fingerprint density at radius 1 is 1.39 bits per heavy atom. The number of carbonyl (C=O) groups excluding carboxylic acids is 1. The Bertz CT molecular complexity index is 526. The monoisotopic (exact) mass is 338 g/mol. The highest BCUT2D eigenvalue weighted by Crippen LogP contribution is 2.15. The van der Waals surface area contributed by atoms with Crippen molar-refractivity contribution in [3.8, 4) is 0 Å². The summed E-state index contributed by atoms with van der Waals surface area (Å²) in [5.41, 5.74) is 0. The van der Waals surface area contributed by atoms with Gasteiger partial charge >= 0.3 is 0 Å². The van der Waals surface area contributed by atoms with Gasteiger partial charge < -0.3 is 9.32 Å². The SMILES string of the molecule is CN(Cc1ccc(Br)o1)C(=O)CN(C)S(C)(=O)=O. The smallest absolute Gasteiger partial charge is 0.238 e. The lowest BCUT2D eigenvalue weighted by Gasteiger charge is -2.19. The summed E-state index contributed by atoms with van der Waals surface area (Å²) >= 11 is 3.17. The Morgan fingerprint density at radius 2 is 2.00 bits per heavy atom. The quantitative estimate of drug-likeness (QED) is 0.799. The van der Waals surface area contributed by atoms with Crippen LogP contribution in [0.3, 0.4) is 0 Å². The average molecular weight is 339 g/mol. The molecule has 0 atom stereocenters. The third-order valence-corrected chi connectivity index (χ3v) is 4.06. The van der Waals surface area contributed by atoms with Crippen molar-refractivity contribution in [3.63, 3.8) is 0 Å². The number of likely N-dealkylation sites (N-methyl/N-ethyl adjacent to an activating group) is 2. The van der Waals surface area contributed by atoms with E-state index in [0.717, 1.165) is 10.6 Å². The second-order valence-corrected chi connectivity index (χ2v) is 6.85. The van der Waals surface area contributed by atoms with Gasteiger partial charge in [0.2, 0.25) is 15.9 Å². The molecule has 1 heterocycles. The number of sulfonamides is 1. The zero-order chi connectivity index (χ0) is 13.9. The van der Waals surface area contributed by atoms with Gasteiger partial charge in [-0.1, -0.05) is 0 Å². The van der Waals surface area contributed by atoms with Crippen LogP contribution in [0.2, 0.25) is 0 Å². The predicted octanol–water partition coefficient (Wildman–Crippen LogP) is 0.892. The van der Waals surface area contributed by atoms with Crippen molar-refractivity contribution in [3.05, 3.63) is 22.6 Å². The lowest BCUT2D eigenvalue weighted by atomic mass is 10.4. The fraction of sp³-hybridized carbons (Fsp3) is 0.500. The van der Waals surface area contributed by atoms with E-state index in [2.05, 4.69) is 15.9 Å². The molecule has 0 saturated carbocycles. The van der Waals surface area contributed by atoms with Gasteiger partial charge in [-0.05, 0) is 28.1 Å². The number of hydrogen-bond donors (Lipinski definition) is 0. The Balaban J connectivity index is 2.57. The van der Waals surface area contributed by atoms with Crippen molar-refractivity contribution >= 4 is 31.9 Å². The summed E-state index contributed by atoms with van der Waals surface area (Å²) in [6, 6.07) is 3.48. The maximum atomic E-state index is 11.8. The van der Waals surface area contributed by atoms with Gasteiger partial charge in [-0.2, -0.15) is 4.31 Å². The molecule has 8 heteroatoms. The third-order valence-electron chi connectivity index (χ3n) is 2.37. The van der Waals surface area contributed by atoms with E-state index in [1.807, 2.05) is 0 Å². The minimum absolute atomic E-state index is 0.183. The number of rotatable bonds is 5. The molecule has 0 bridgehead atoms. The van der Waals surface area contributed by atoms with Crippen molar-refractivity contribution in [2.24, 2.45) is 0 Å². The standard InChI is InChI=1S/C10H15BrN2O4S/c1-12(6-8-4-5-9(11)17-8)10(14)7-13(2)18(3,15)16/h4-5H,6-7H2,1-3H3. The predicted molar refractivity (Wildman–Crippen MR) is 70.4 cm³/mol. The zero-order valence-corrected chi connectivity index (χ0v) is 12.8. The molecular formula is C10H15BrN2O4S. The van der Waals surface area contributed by atoms with Gasteiger partial charge in [-0.25, -0.2) is 8.42 Å². The van der Waals surface area contributed by atoms with E-state index in [1.165, 1.54) is 11.9 Å². The van der Waals surface area contributed by atoms with Crippen LogP contribution in [0.5, 0.6) is 0 Å². The molecule has 0 aromatic carbocycles. The molecule has 0 fully saturated rings. The lowest BCUT2D eigenvalue weighted by Crippen LogP contribution is -2.38. The summed E-state index contributed by atoms with van der Waals surface area (Å²) in [5.74, 6) is 0.329. The summed E-state index contributed by atoms with van der Waals surface area (Å²) in [6.07, 6.45) is 1.06. The summed E-state index contributed by atoms with van der Waals surface area (Å²) in [6.45, 7) is 0.110. The van der Waals surface area contributed by atoms with Gasteiger partial charge in [-0.15, -0.1) is 0 Å². The second-order valence-electron chi connectivity index (χ2n) is 3.97. The molecule has 0 N–H and O–H groups in total. The Kier molecular flexibility index (Phi) is 4.94. The maximum absolute atomic E-state index is 11.8. The van der Waals surface area contributed by atoms with Crippen molar-refractivity contribution in [1.29, 1.82) is 0 Å². The molecule has 1 amide bonds. The minimum Gasteiger partial charge on any atom is -0.452 e. The van der Waals surface area contributed by atoms with Gasteiger partial charge in [0.15, 0.2) is 4.67 Å². The van der Waals surface area contributed by atoms with E-state index in [9.17, 15) is 13.2 Å². The first kappa shape index (κ1) is 15.2. The molecule has 1 aromatic rings. The van der Waals surface area contributed by atoms with Crippen molar-refractivity contribution in [2.45, 2.75) is 6.54 Å². The highest BCUT2D eigenvalue weighted by atomic mass is 79.9. The molecule has 102 valence electrons. The van der Waals surface area contributed by atoms with Gasteiger partial charge in [0.05, 0.1) is 19.3 Å². The average Bonchev–Trinajstić information content (AvgIpc) is 2.62. The van der Waals surface area contributed by atoms with Crippen LogP contribution in [0.4, 0.5) is 0 Å². The molecule has 0 aliphatic heterocycles. The molecule has 1 aromatic heterocycles. The topological polar surface area (TPSA) is 70.8 Å². The summed E-state index contributed by atoms with van der Waals surface area (Å²) < 4.78 is 29.2. The van der Waals surface area contributed by atoms with Gasteiger partial charge in [0, 0.05) is 14.1 Å². The molecule has 0 aliphatic rings. The number of carbonyl (C=O) groups is 1. The zero-order valence-electron chi connectivity index (χ0n) is 10.4. The van der Waals surface area contributed by atoms with Gasteiger partial charge in [-0.3, -0.25) is 4.79 Å². The van der Waals surface area contributed by atoms with Crippen LogP contribution in [-0.2, 0) is 21.4 Å². The summed E-state index contributed by atoms with van der Waals surface area (Å²) in [7, 11) is -0.387. The van der Waals surface area contributed by atoms with E-state index < -0.39 is 10.0 Å². The molecule has 0 unspecified atom stereocenters.